The van der Waals surface area contributed by atoms with Gasteiger partial charge in [-0.1, -0.05) is 29.8 Å². The van der Waals surface area contributed by atoms with E-state index in [0.29, 0.717) is 11.1 Å². The number of aliphatic hydroxyl groups excluding tert-OH is 1. The molecule has 1 N–H and O–H groups in total. The SMILES string of the molecule is Cc1ccc(OCC(O)Cn2cnc3c(oc4ccccc43)c2=O)c(C)c1. The average Bonchev–Trinajstić information content (AvgIpc) is 3.03. The third-order valence-electron chi connectivity index (χ3n) is 4.52. The highest BCUT2D eigenvalue weighted by atomic mass is 16.5. The topological polar surface area (TPSA) is 77.5 Å². The zero-order valence-corrected chi connectivity index (χ0v) is 15.2. The van der Waals surface area contributed by atoms with Crippen LogP contribution in [0.2, 0.25) is 0 Å². The van der Waals surface area contributed by atoms with Gasteiger partial charge in [-0.3, -0.25) is 9.36 Å². The summed E-state index contributed by atoms with van der Waals surface area (Å²) in [6.45, 7) is 4.12. The first-order chi connectivity index (χ1) is 13.0. The van der Waals surface area contributed by atoms with E-state index in [4.69, 9.17) is 9.15 Å². The molecule has 0 aliphatic heterocycles. The van der Waals surface area contributed by atoms with Crippen molar-refractivity contribution in [3.05, 3.63) is 70.3 Å². The van der Waals surface area contributed by atoms with E-state index in [1.165, 1.54) is 10.9 Å². The van der Waals surface area contributed by atoms with Gasteiger partial charge in [-0.15, -0.1) is 0 Å². The fourth-order valence-corrected chi connectivity index (χ4v) is 3.17. The van der Waals surface area contributed by atoms with Crippen molar-refractivity contribution in [3.63, 3.8) is 0 Å². The minimum Gasteiger partial charge on any atom is -0.491 e. The molecule has 0 saturated heterocycles. The fourth-order valence-electron chi connectivity index (χ4n) is 3.17. The molecule has 4 aromatic rings. The van der Waals surface area contributed by atoms with E-state index < -0.39 is 6.10 Å². The van der Waals surface area contributed by atoms with Crippen molar-refractivity contribution in [1.29, 1.82) is 0 Å². The number of furan rings is 1. The van der Waals surface area contributed by atoms with Crippen LogP contribution in [-0.4, -0.2) is 27.4 Å². The Morgan fingerprint density at radius 3 is 2.85 bits per heavy atom. The van der Waals surface area contributed by atoms with Crippen molar-refractivity contribution in [2.75, 3.05) is 6.61 Å². The Hall–Kier alpha value is -3.12. The van der Waals surface area contributed by atoms with E-state index in [-0.39, 0.29) is 24.3 Å². The van der Waals surface area contributed by atoms with Crippen LogP contribution in [0.3, 0.4) is 0 Å². The van der Waals surface area contributed by atoms with E-state index in [0.717, 1.165) is 22.3 Å². The summed E-state index contributed by atoms with van der Waals surface area (Å²) in [7, 11) is 0. The molecular formula is C21H20N2O4. The van der Waals surface area contributed by atoms with Gasteiger partial charge in [0.2, 0.25) is 5.58 Å². The molecule has 0 aliphatic rings. The fraction of sp³-hybridized carbons (Fsp3) is 0.238. The van der Waals surface area contributed by atoms with Gasteiger partial charge in [-0.2, -0.15) is 0 Å². The first-order valence-electron chi connectivity index (χ1n) is 8.78. The molecule has 0 spiro atoms. The molecule has 0 amide bonds. The van der Waals surface area contributed by atoms with Crippen LogP contribution in [-0.2, 0) is 6.54 Å². The zero-order chi connectivity index (χ0) is 19.0. The van der Waals surface area contributed by atoms with Crippen molar-refractivity contribution >= 4 is 22.1 Å². The molecule has 0 radical (unpaired) electrons. The van der Waals surface area contributed by atoms with Crippen molar-refractivity contribution in [2.24, 2.45) is 0 Å². The lowest BCUT2D eigenvalue weighted by Crippen LogP contribution is -2.30. The van der Waals surface area contributed by atoms with Crippen LogP contribution in [0.25, 0.3) is 22.1 Å². The van der Waals surface area contributed by atoms with Gasteiger partial charge < -0.3 is 14.3 Å². The van der Waals surface area contributed by atoms with Gasteiger partial charge in [-0.25, -0.2) is 4.98 Å². The predicted octanol–water partition coefficient (Wildman–Crippen LogP) is 3.20. The molecule has 1 unspecified atom stereocenters. The average molecular weight is 364 g/mol. The van der Waals surface area contributed by atoms with Crippen LogP contribution >= 0.6 is 0 Å². The van der Waals surface area contributed by atoms with E-state index in [1.54, 1.807) is 6.07 Å². The summed E-state index contributed by atoms with van der Waals surface area (Å²) >= 11 is 0. The Bertz CT molecular complexity index is 1180. The molecule has 27 heavy (non-hydrogen) atoms. The van der Waals surface area contributed by atoms with Gasteiger partial charge in [0.25, 0.3) is 5.56 Å². The Morgan fingerprint density at radius 2 is 2.04 bits per heavy atom. The summed E-state index contributed by atoms with van der Waals surface area (Å²) in [6, 6.07) is 13.2. The normalized spacial score (nSPS) is 12.6. The predicted molar refractivity (Wildman–Crippen MR) is 103 cm³/mol. The van der Waals surface area contributed by atoms with Gasteiger partial charge >= 0.3 is 0 Å². The summed E-state index contributed by atoms with van der Waals surface area (Å²) in [5.74, 6) is 0.720. The van der Waals surface area contributed by atoms with Gasteiger partial charge in [0.1, 0.15) is 29.6 Å². The van der Waals surface area contributed by atoms with E-state index >= 15 is 0 Å². The maximum atomic E-state index is 12.7. The highest BCUT2D eigenvalue weighted by molar-refractivity contribution is 6.01. The number of hydrogen-bond acceptors (Lipinski definition) is 5. The molecule has 6 heteroatoms. The summed E-state index contributed by atoms with van der Waals surface area (Å²) in [6.07, 6.45) is 0.583. The molecule has 2 aromatic carbocycles. The number of benzene rings is 2. The molecule has 0 aliphatic carbocycles. The van der Waals surface area contributed by atoms with E-state index in [2.05, 4.69) is 4.98 Å². The zero-order valence-electron chi connectivity index (χ0n) is 15.2. The number of para-hydroxylation sites is 1. The lowest BCUT2D eigenvalue weighted by atomic mass is 10.1. The van der Waals surface area contributed by atoms with Crippen LogP contribution in [0, 0.1) is 13.8 Å². The number of ether oxygens (including phenoxy) is 1. The summed E-state index contributed by atoms with van der Waals surface area (Å²) in [5, 5.41) is 11.1. The van der Waals surface area contributed by atoms with Crippen LogP contribution in [0.4, 0.5) is 0 Å². The number of rotatable bonds is 5. The Morgan fingerprint density at radius 1 is 1.22 bits per heavy atom. The van der Waals surface area contributed by atoms with Gasteiger partial charge in [0, 0.05) is 5.39 Å². The number of aromatic nitrogens is 2. The molecule has 0 fully saturated rings. The molecule has 0 bridgehead atoms. The van der Waals surface area contributed by atoms with Crippen LogP contribution in [0.15, 0.2) is 58.0 Å². The highest BCUT2D eigenvalue weighted by Gasteiger charge is 2.15. The van der Waals surface area contributed by atoms with Crippen molar-refractivity contribution in [1.82, 2.24) is 9.55 Å². The second-order valence-electron chi connectivity index (χ2n) is 6.71. The molecule has 6 nitrogen and oxygen atoms in total. The Balaban J connectivity index is 1.53. The third kappa shape index (κ3) is 3.31. The smallest absolute Gasteiger partial charge is 0.297 e. The molecule has 138 valence electrons. The standard InChI is InChI=1S/C21H20N2O4/c1-13-7-8-17(14(2)9-13)26-11-15(24)10-23-12-22-19-16-5-3-4-6-18(16)27-20(19)21(23)25/h3-9,12,15,24H,10-11H2,1-2H3. The van der Waals surface area contributed by atoms with E-state index in [1.807, 2.05) is 50.2 Å². The second kappa shape index (κ2) is 6.89. The van der Waals surface area contributed by atoms with Crippen molar-refractivity contribution in [2.45, 2.75) is 26.5 Å². The van der Waals surface area contributed by atoms with Gasteiger partial charge in [-0.05, 0) is 37.6 Å². The van der Waals surface area contributed by atoms with Gasteiger partial charge in [0.05, 0.1) is 12.9 Å². The lowest BCUT2D eigenvalue weighted by Gasteiger charge is -2.15. The summed E-state index contributed by atoms with van der Waals surface area (Å²) < 4.78 is 12.7. The van der Waals surface area contributed by atoms with E-state index in [9.17, 15) is 9.90 Å². The third-order valence-corrected chi connectivity index (χ3v) is 4.52. The number of aliphatic hydroxyl groups is 1. The monoisotopic (exact) mass is 364 g/mol. The van der Waals surface area contributed by atoms with Crippen molar-refractivity contribution in [3.8, 4) is 5.75 Å². The van der Waals surface area contributed by atoms with Crippen LogP contribution in [0.1, 0.15) is 11.1 Å². The quantitative estimate of drug-likeness (QED) is 0.588. The molecule has 4 rings (SSSR count). The minimum absolute atomic E-state index is 0.0731. The Labute approximate surface area is 155 Å². The Kier molecular flexibility index (Phi) is 4.41. The first kappa shape index (κ1) is 17.3. The summed E-state index contributed by atoms with van der Waals surface area (Å²) in [4.78, 5) is 17.0. The number of hydrogen-bond donors (Lipinski definition) is 1. The maximum absolute atomic E-state index is 12.7. The lowest BCUT2D eigenvalue weighted by molar-refractivity contribution is 0.0911. The van der Waals surface area contributed by atoms with Crippen LogP contribution in [0.5, 0.6) is 5.75 Å². The van der Waals surface area contributed by atoms with Gasteiger partial charge in [0.15, 0.2) is 0 Å². The highest BCUT2D eigenvalue weighted by Crippen LogP contribution is 2.24. The molecule has 2 heterocycles. The summed E-state index contributed by atoms with van der Waals surface area (Å²) in [5.41, 5.74) is 3.19. The largest absolute Gasteiger partial charge is 0.491 e. The molecule has 1 atom stereocenters. The molecule has 0 saturated carbocycles. The molecule has 2 aromatic heterocycles. The number of aryl methyl sites for hydroxylation is 2. The second-order valence-corrected chi connectivity index (χ2v) is 6.71. The number of nitrogens with zero attached hydrogens (tertiary/aromatic N) is 2. The first-order valence-corrected chi connectivity index (χ1v) is 8.78. The molecular weight excluding hydrogens is 344 g/mol. The number of fused-ring (bicyclic) bond motifs is 3. The van der Waals surface area contributed by atoms with Crippen molar-refractivity contribution < 1.29 is 14.3 Å². The maximum Gasteiger partial charge on any atom is 0.297 e. The van der Waals surface area contributed by atoms with Crippen LogP contribution < -0.4 is 10.3 Å². The minimum atomic E-state index is -0.855.